The van der Waals surface area contributed by atoms with Crippen LogP contribution in [0.2, 0.25) is 0 Å². The molecule has 0 aromatic rings. The van der Waals surface area contributed by atoms with Crippen molar-refractivity contribution in [1.29, 1.82) is 0 Å². The number of hydrogen-bond donors (Lipinski definition) is 0. The lowest BCUT2D eigenvalue weighted by Gasteiger charge is -2.22. The van der Waals surface area contributed by atoms with Crippen LogP contribution in [0.5, 0.6) is 0 Å². The van der Waals surface area contributed by atoms with Gasteiger partial charge in [0, 0.05) is 13.2 Å². The lowest BCUT2D eigenvalue weighted by molar-refractivity contribution is 0.206. The van der Waals surface area contributed by atoms with E-state index in [9.17, 15) is 0 Å². The van der Waals surface area contributed by atoms with Crippen LogP contribution in [-0.2, 0) is 8.85 Å². The number of hydrogen-bond acceptors (Lipinski definition) is 2. The van der Waals surface area contributed by atoms with Gasteiger partial charge in [0.05, 0.1) is 0 Å². The second-order valence-corrected chi connectivity index (χ2v) is 12.4. The van der Waals surface area contributed by atoms with Crippen molar-refractivity contribution in [3.8, 4) is 0 Å². The Kier molecular flexibility index (Phi) is 12.1. The van der Waals surface area contributed by atoms with Gasteiger partial charge in [-0.15, -0.1) is 48.5 Å². The molecule has 0 saturated carbocycles. The van der Waals surface area contributed by atoms with Gasteiger partial charge in [-0.3, -0.25) is 0 Å². The predicted molar refractivity (Wildman–Crippen MR) is 87.3 cm³/mol. The van der Waals surface area contributed by atoms with Gasteiger partial charge in [0.2, 0.25) is 0 Å². The van der Waals surface area contributed by atoms with Crippen LogP contribution in [0, 0.1) is 0 Å². The highest BCUT2D eigenvalue weighted by Gasteiger charge is 2.28. The van der Waals surface area contributed by atoms with E-state index in [1.54, 1.807) is 22.8 Å². The van der Waals surface area contributed by atoms with Gasteiger partial charge in [-0.2, -0.15) is 0 Å². The third-order valence-electron chi connectivity index (χ3n) is 1.85. The zero-order valence-corrected chi connectivity index (χ0v) is 14.6. The molecule has 0 amide bonds. The van der Waals surface area contributed by atoms with Gasteiger partial charge in [0.15, 0.2) is 0 Å². The minimum atomic E-state index is -2.22. The van der Waals surface area contributed by atoms with Crippen molar-refractivity contribution < 1.29 is 8.85 Å². The van der Waals surface area contributed by atoms with Crippen molar-refractivity contribution in [2.24, 2.45) is 0 Å². The minimum Gasteiger partial charge on any atom is -0.389 e. The van der Waals surface area contributed by atoms with E-state index >= 15 is 0 Å². The Hall–Kier alpha value is -0.106. The summed E-state index contributed by atoms with van der Waals surface area (Å²) in [5.41, 5.74) is 6.58. The summed E-state index contributed by atoms with van der Waals surface area (Å²) >= 11 is 11.1. The van der Waals surface area contributed by atoms with Crippen LogP contribution in [0.4, 0.5) is 0 Å². The first-order chi connectivity index (χ1) is 8.36. The summed E-state index contributed by atoms with van der Waals surface area (Å²) in [4.78, 5) is 0. The van der Waals surface area contributed by atoms with Crippen LogP contribution >= 0.6 is 22.2 Å². The molecule has 0 saturated heterocycles. The lowest BCUT2D eigenvalue weighted by atomic mass is 10.9. The predicted octanol–water partition coefficient (Wildman–Crippen LogP) is 4.31. The molecular weight excluding hydrogens is 303 g/mol. The molecule has 0 rings (SSSR count). The molecule has 0 aliphatic heterocycles. The van der Waals surface area contributed by atoms with Crippen LogP contribution in [0.25, 0.3) is 0 Å². The van der Waals surface area contributed by atoms with Gasteiger partial charge in [0.1, 0.15) is 0 Å². The van der Waals surface area contributed by atoms with Crippen LogP contribution < -0.4 is 0 Å². The molecule has 0 unspecified atom stereocenters. The molecule has 104 valence electrons. The van der Waals surface area contributed by atoms with E-state index in [2.05, 4.69) is 26.3 Å². The summed E-state index contributed by atoms with van der Waals surface area (Å²) in [6.07, 6.45) is 0. The Morgan fingerprint density at radius 3 is 1.28 bits per heavy atom. The molecule has 0 aromatic carbocycles. The second kappa shape index (κ2) is 10.8. The number of rotatable bonds is 8. The van der Waals surface area contributed by atoms with Crippen LogP contribution in [-0.4, -0.2) is 28.5 Å². The Morgan fingerprint density at radius 2 is 1.17 bits per heavy atom. The van der Waals surface area contributed by atoms with Crippen LogP contribution in [0.1, 0.15) is 13.8 Å². The Balaban J connectivity index is 0. The molecule has 0 heterocycles. The minimum absolute atomic E-state index is 0.643. The zero-order valence-electron chi connectivity index (χ0n) is 11.1. The Labute approximate surface area is 122 Å². The average Bonchev–Trinajstić information content (AvgIpc) is 2.39. The zero-order chi connectivity index (χ0) is 14.7. The second-order valence-electron chi connectivity index (χ2n) is 3.08. The highest BCUT2D eigenvalue weighted by Crippen LogP contribution is 2.15. The maximum Gasteiger partial charge on any atom is 0.390 e. The summed E-state index contributed by atoms with van der Waals surface area (Å²) in [5, 5.41) is 0. The fourth-order valence-corrected chi connectivity index (χ4v) is 2.69. The fourth-order valence-electron chi connectivity index (χ4n) is 0.895. The lowest BCUT2D eigenvalue weighted by Crippen LogP contribution is -2.38. The van der Waals surface area contributed by atoms with Crippen molar-refractivity contribution >= 4 is 37.4 Å². The first-order valence-electron chi connectivity index (χ1n) is 5.57. The fraction of sp³-hybridized carbons (Fsp3) is 0.333. The van der Waals surface area contributed by atoms with E-state index in [4.69, 9.17) is 31.0 Å². The molecule has 0 fully saturated rings. The summed E-state index contributed by atoms with van der Waals surface area (Å²) in [6, 6.07) is 0. The highest BCUT2D eigenvalue weighted by atomic mass is 35.7. The maximum absolute atomic E-state index is 5.57. The molecule has 0 aliphatic carbocycles. The first kappa shape index (κ1) is 20.2. The molecular formula is C12H22Cl2O2Si2. The molecule has 2 nitrogen and oxygen atoms in total. The van der Waals surface area contributed by atoms with Crippen molar-refractivity contribution in [3.63, 3.8) is 0 Å². The van der Waals surface area contributed by atoms with Gasteiger partial charge in [0.25, 0.3) is 6.69 Å². The van der Waals surface area contributed by atoms with E-state index in [0.717, 1.165) is 0 Å². The topological polar surface area (TPSA) is 18.5 Å². The van der Waals surface area contributed by atoms with Gasteiger partial charge < -0.3 is 8.85 Å². The van der Waals surface area contributed by atoms with Gasteiger partial charge in [-0.1, -0.05) is 11.4 Å². The molecule has 0 radical (unpaired) electrons. The van der Waals surface area contributed by atoms with E-state index < -0.39 is 15.3 Å². The molecule has 0 aromatic heterocycles. The normalized spacial score (nSPS) is 10.9. The summed E-state index contributed by atoms with van der Waals surface area (Å²) in [6.45, 7) is 17.2. The average molecular weight is 325 g/mol. The van der Waals surface area contributed by atoms with Crippen LogP contribution in [0.15, 0.2) is 49.1 Å². The first-order valence-corrected chi connectivity index (χ1v) is 11.7. The number of halogens is 2. The standard InChI is InChI=1S/C8H16O2Si.C4H6Cl2Si/c1-5-9-11(7-3,8-4)10-6-2;1-3-7(5,6)4-2/h7-8H,3-6H2,1-2H3;3-4H,1-2H2. The Bertz CT molecular complexity index is 255. The van der Waals surface area contributed by atoms with E-state index in [0.29, 0.717) is 13.2 Å². The molecule has 0 atom stereocenters. The van der Waals surface area contributed by atoms with E-state index in [-0.39, 0.29) is 0 Å². The monoisotopic (exact) mass is 324 g/mol. The highest BCUT2D eigenvalue weighted by molar-refractivity contribution is 7.49. The van der Waals surface area contributed by atoms with Gasteiger partial charge >= 0.3 is 8.56 Å². The SMILES string of the molecule is C=C[Si](C=C)(OCC)OCC.C=C[Si](Cl)(Cl)C=C. The molecule has 0 bridgehead atoms. The van der Waals surface area contributed by atoms with Crippen molar-refractivity contribution in [1.82, 2.24) is 0 Å². The maximum atomic E-state index is 5.57. The van der Waals surface area contributed by atoms with Crippen molar-refractivity contribution in [3.05, 3.63) is 49.1 Å². The summed E-state index contributed by atoms with van der Waals surface area (Å²) in [7, 11) is -2.22. The van der Waals surface area contributed by atoms with E-state index in [1.165, 1.54) is 0 Å². The largest absolute Gasteiger partial charge is 0.390 e. The van der Waals surface area contributed by atoms with Crippen molar-refractivity contribution in [2.75, 3.05) is 13.2 Å². The molecule has 0 aliphatic rings. The van der Waals surface area contributed by atoms with Crippen LogP contribution in [0.3, 0.4) is 0 Å². The Morgan fingerprint density at radius 1 is 0.833 bits per heavy atom. The third-order valence-corrected chi connectivity index (χ3v) is 7.41. The van der Waals surface area contributed by atoms with Crippen molar-refractivity contribution in [2.45, 2.75) is 13.8 Å². The van der Waals surface area contributed by atoms with Gasteiger partial charge in [-0.25, -0.2) is 0 Å². The van der Waals surface area contributed by atoms with Gasteiger partial charge in [-0.05, 0) is 25.2 Å². The third kappa shape index (κ3) is 8.91. The summed E-state index contributed by atoms with van der Waals surface area (Å²) < 4.78 is 10.9. The molecule has 0 spiro atoms. The summed E-state index contributed by atoms with van der Waals surface area (Å²) in [5.74, 6) is 0. The quantitative estimate of drug-likeness (QED) is 0.489. The molecule has 18 heavy (non-hydrogen) atoms. The molecule has 6 heteroatoms. The molecule has 0 N–H and O–H groups in total. The van der Waals surface area contributed by atoms with E-state index in [1.807, 2.05) is 13.8 Å². The smallest absolute Gasteiger partial charge is 0.389 e.